The lowest BCUT2D eigenvalue weighted by molar-refractivity contribution is -0.116. The van der Waals surface area contributed by atoms with Gasteiger partial charge >= 0.3 is 0 Å². The summed E-state index contributed by atoms with van der Waals surface area (Å²) in [6, 6.07) is 16.3. The number of fused-ring (bicyclic) bond motifs is 1. The lowest BCUT2D eigenvalue weighted by atomic mass is 10.1. The number of amides is 2. The summed E-state index contributed by atoms with van der Waals surface area (Å²) in [5.41, 5.74) is 2.00. The van der Waals surface area contributed by atoms with Gasteiger partial charge in [0, 0.05) is 20.0 Å². The van der Waals surface area contributed by atoms with E-state index in [-0.39, 0.29) is 36.4 Å². The van der Waals surface area contributed by atoms with Gasteiger partial charge in [-0.05, 0) is 24.6 Å². The first-order valence-corrected chi connectivity index (χ1v) is 10.6. The van der Waals surface area contributed by atoms with Gasteiger partial charge in [-0.3, -0.25) is 23.6 Å². The van der Waals surface area contributed by atoms with Gasteiger partial charge in [0.1, 0.15) is 5.39 Å². The van der Waals surface area contributed by atoms with Crippen LogP contribution in [0.5, 0.6) is 0 Å². The van der Waals surface area contributed by atoms with E-state index in [1.54, 1.807) is 31.3 Å². The number of benzene rings is 2. The maximum Gasteiger partial charge on any atom is 0.264 e. The number of rotatable bonds is 7. The molecule has 2 heterocycles. The first kappa shape index (κ1) is 21.9. The molecule has 0 aliphatic heterocycles. The zero-order chi connectivity index (χ0) is 23.4. The van der Waals surface area contributed by atoms with E-state index in [4.69, 9.17) is 0 Å². The Bertz CT molecular complexity index is 1360. The Morgan fingerprint density at radius 2 is 1.79 bits per heavy atom. The van der Waals surface area contributed by atoms with Crippen LogP contribution in [-0.2, 0) is 18.4 Å². The number of carbonyl (C=O) groups excluding carboxylic acids is 2. The number of anilines is 1. The first-order chi connectivity index (χ1) is 15.9. The van der Waals surface area contributed by atoms with Crippen LogP contribution in [0.3, 0.4) is 0 Å². The lowest BCUT2D eigenvalue weighted by Gasteiger charge is -2.16. The van der Waals surface area contributed by atoms with E-state index >= 15 is 0 Å². The highest BCUT2D eigenvalue weighted by molar-refractivity contribution is 6.03. The van der Waals surface area contributed by atoms with Crippen molar-refractivity contribution < 1.29 is 9.59 Å². The minimum atomic E-state index is -0.315. The van der Waals surface area contributed by atoms with Crippen LogP contribution in [-0.4, -0.2) is 31.1 Å². The van der Waals surface area contributed by atoms with E-state index in [9.17, 15) is 14.4 Å². The van der Waals surface area contributed by atoms with E-state index in [0.717, 1.165) is 5.56 Å². The van der Waals surface area contributed by atoms with Crippen LogP contribution in [0.4, 0.5) is 5.69 Å². The van der Waals surface area contributed by atoms with Crippen LogP contribution in [0.15, 0.2) is 71.9 Å². The van der Waals surface area contributed by atoms with Gasteiger partial charge in [-0.2, -0.15) is 5.10 Å². The highest BCUT2D eigenvalue weighted by atomic mass is 16.2. The van der Waals surface area contributed by atoms with Crippen molar-refractivity contribution in [2.75, 3.05) is 5.32 Å². The van der Waals surface area contributed by atoms with Crippen LogP contribution in [0.1, 0.15) is 35.3 Å². The van der Waals surface area contributed by atoms with Gasteiger partial charge in [-0.25, -0.2) is 4.98 Å². The molecule has 0 radical (unpaired) electrons. The maximum atomic E-state index is 12.9. The minimum Gasteiger partial charge on any atom is -0.345 e. The van der Waals surface area contributed by atoms with Crippen molar-refractivity contribution in [3.05, 3.63) is 88.6 Å². The summed E-state index contributed by atoms with van der Waals surface area (Å²) in [6.07, 6.45) is 2.92. The molecular weight excluding hydrogens is 420 g/mol. The number of hydrogen-bond acceptors (Lipinski definition) is 5. The van der Waals surface area contributed by atoms with Gasteiger partial charge < -0.3 is 10.6 Å². The van der Waals surface area contributed by atoms with Crippen LogP contribution < -0.4 is 16.2 Å². The molecule has 168 valence electrons. The van der Waals surface area contributed by atoms with Crippen molar-refractivity contribution >= 4 is 28.5 Å². The van der Waals surface area contributed by atoms with E-state index < -0.39 is 0 Å². The van der Waals surface area contributed by atoms with Gasteiger partial charge in [0.2, 0.25) is 5.91 Å². The predicted octanol–water partition coefficient (Wildman–Crippen LogP) is 2.65. The molecule has 1 unspecified atom stereocenters. The average molecular weight is 444 g/mol. The molecule has 9 nitrogen and oxygen atoms in total. The summed E-state index contributed by atoms with van der Waals surface area (Å²) in [4.78, 5) is 42.2. The van der Waals surface area contributed by atoms with E-state index in [1.807, 2.05) is 37.3 Å². The van der Waals surface area contributed by atoms with Gasteiger partial charge in [-0.1, -0.05) is 42.5 Å². The highest BCUT2D eigenvalue weighted by Crippen LogP contribution is 2.18. The molecule has 2 aromatic carbocycles. The molecule has 2 amide bonds. The molecule has 9 heteroatoms. The lowest BCUT2D eigenvalue weighted by Crippen LogP contribution is -2.28. The van der Waals surface area contributed by atoms with E-state index in [2.05, 4.69) is 20.7 Å². The molecule has 4 aromatic rings. The molecule has 4 rings (SSSR count). The molecule has 0 aliphatic rings. The third kappa shape index (κ3) is 4.82. The van der Waals surface area contributed by atoms with Crippen molar-refractivity contribution in [2.24, 2.45) is 7.05 Å². The molecule has 0 saturated carbocycles. The van der Waals surface area contributed by atoms with Crippen LogP contribution in [0.25, 0.3) is 11.0 Å². The van der Waals surface area contributed by atoms with E-state index in [0.29, 0.717) is 22.3 Å². The molecule has 2 N–H and O–H groups in total. The maximum absolute atomic E-state index is 12.9. The molecule has 0 aliphatic carbocycles. The van der Waals surface area contributed by atoms with Gasteiger partial charge in [0.25, 0.3) is 11.5 Å². The standard InChI is InChI=1S/C24H24N6O3/c1-16(17-8-4-3-5-9-17)27-23(32)18-10-6-7-11-20(18)28-21(31)12-13-30-15-25-22-19(24(30)33)14-26-29(22)2/h3-11,14-16H,12-13H2,1-2H3,(H,27,32)(H,28,31). The Morgan fingerprint density at radius 3 is 2.58 bits per heavy atom. The summed E-state index contributed by atoms with van der Waals surface area (Å²) in [6.45, 7) is 2.06. The molecule has 1 atom stereocenters. The second-order valence-corrected chi connectivity index (χ2v) is 7.70. The van der Waals surface area contributed by atoms with Crippen molar-refractivity contribution in [3.8, 4) is 0 Å². The minimum absolute atomic E-state index is 0.0454. The van der Waals surface area contributed by atoms with Gasteiger partial charge in [0.05, 0.1) is 29.8 Å². The van der Waals surface area contributed by atoms with Gasteiger partial charge in [-0.15, -0.1) is 0 Å². The number of nitrogens with one attached hydrogen (secondary N) is 2. The number of hydrogen-bond donors (Lipinski definition) is 2. The van der Waals surface area contributed by atoms with Crippen molar-refractivity contribution in [1.82, 2.24) is 24.6 Å². The van der Waals surface area contributed by atoms with E-state index in [1.165, 1.54) is 21.8 Å². The molecule has 33 heavy (non-hydrogen) atoms. The monoisotopic (exact) mass is 444 g/mol. The number of aromatic nitrogens is 4. The largest absolute Gasteiger partial charge is 0.345 e. The van der Waals surface area contributed by atoms with Crippen LogP contribution >= 0.6 is 0 Å². The average Bonchev–Trinajstić information content (AvgIpc) is 3.21. The Morgan fingerprint density at radius 1 is 1.06 bits per heavy atom. The summed E-state index contributed by atoms with van der Waals surface area (Å²) in [5, 5.41) is 10.2. The second kappa shape index (κ2) is 9.47. The van der Waals surface area contributed by atoms with Gasteiger partial charge in [0.15, 0.2) is 5.65 Å². The Labute approximate surface area is 190 Å². The summed E-state index contributed by atoms with van der Waals surface area (Å²) >= 11 is 0. The first-order valence-electron chi connectivity index (χ1n) is 10.6. The van der Waals surface area contributed by atoms with Crippen molar-refractivity contribution in [1.29, 1.82) is 0 Å². The molecule has 0 bridgehead atoms. The third-order valence-electron chi connectivity index (χ3n) is 5.39. The third-order valence-corrected chi connectivity index (χ3v) is 5.39. The Hall–Kier alpha value is -4.27. The number of aryl methyl sites for hydroxylation is 2. The van der Waals surface area contributed by atoms with Crippen molar-refractivity contribution in [2.45, 2.75) is 25.9 Å². The quantitative estimate of drug-likeness (QED) is 0.455. The molecule has 0 spiro atoms. The summed E-state index contributed by atoms with van der Waals surface area (Å²) in [5.74, 6) is -0.603. The summed E-state index contributed by atoms with van der Waals surface area (Å²) < 4.78 is 2.90. The van der Waals surface area contributed by atoms with Crippen molar-refractivity contribution in [3.63, 3.8) is 0 Å². The zero-order valence-corrected chi connectivity index (χ0v) is 18.4. The molecular formula is C24H24N6O3. The molecule has 2 aromatic heterocycles. The predicted molar refractivity (Wildman–Crippen MR) is 125 cm³/mol. The highest BCUT2D eigenvalue weighted by Gasteiger charge is 2.16. The Balaban J connectivity index is 1.42. The smallest absolute Gasteiger partial charge is 0.264 e. The number of carbonyl (C=O) groups is 2. The SMILES string of the molecule is CC(NC(=O)c1ccccc1NC(=O)CCn1cnc2c(cnn2C)c1=O)c1ccccc1. The normalized spacial score (nSPS) is 11.8. The second-order valence-electron chi connectivity index (χ2n) is 7.70. The van der Waals surface area contributed by atoms with Crippen LogP contribution in [0, 0.1) is 0 Å². The topological polar surface area (TPSA) is 111 Å². The van der Waals surface area contributed by atoms with Crippen LogP contribution in [0.2, 0.25) is 0 Å². The fourth-order valence-electron chi connectivity index (χ4n) is 3.55. The fraction of sp³-hybridized carbons (Fsp3) is 0.208. The molecule has 0 fully saturated rings. The number of nitrogens with zero attached hydrogens (tertiary/aromatic N) is 4. The fourth-order valence-corrected chi connectivity index (χ4v) is 3.55. The summed E-state index contributed by atoms with van der Waals surface area (Å²) in [7, 11) is 1.71. The zero-order valence-electron chi connectivity index (χ0n) is 18.4. The molecule has 0 saturated heterocycles. The number of para-hydroxylation sites is 1. The Kier molecular flexibility index (Phi) is 6.30.